The number of imidazole rings is 1. The molecular formula is C29H35FN6O3S. The predicted octanol–water partition coefficient (Wildman–Crippen LogP) is 5.48. The lowest BCUT2D eigenvalue weighted by Crippen LogP contribution is -2.50. The summed E-state index contributed by atoms with van der Waals surface area (Å²) in [5.41, 5.74) is 3.67. The number of carbonyl (C=O) groups excluding carboxylic acids is 1. The molecule has 4 heterocycles. The van der Waals surface area contributed by atoms with E-state index in [1.807, 2.05) is 38.8 Å². The Balaban J connectivity index is 1.43. The zero-order chi connectivity index (χ0) is 28.6. The van der Waals surface area contributed by atoms with Gasteiger partial charge in [-0.2, -0.15) is 0 Å². The lowest BCUT2D eigenvalue weighted by atomic mass is 10.1. The van der Waals surface area contributed by atoms with Gasteiger partial charge in [-0.1, -0.05) is 18.3 Å². The van der Waals surface area contributed by atoms with E-state index < -0.39 is 5.60 Å². The summed E-state index contributed by atoms with van der Waals surface area (Å²) in [7, 11) is 1.95. The van der Waals surface area contributed by atoms with Gasteiger partial charge in [0.2, 0.25) is 0 Å². The average Bonchev–Trinajstić information content (AvgIpc) is 3.53. The number of anilines is 3. The first-order chi connectivity index (χ1) is 19.1. The summed E-state index contributed by atoms with van der Waals surface area (Å²) < 4.78 is 21.1. The Bertz CT molecular complexity index is 1500. The molecule has 40 heavy (non-hydrogen) atoms. The van der Waals surface area contributed by atoms with Crippen molar-refractivity contribution >= 4 is 39.7 Å². The third-order valence-electron chi connectivity index (χ3n) is 6.83. The topological polar surface area (TPSA) is 86.4 Å². The number of ether oxygens (including phenoxy) is 1. The Hall–Kier alpha value is -3.70. The normalized spacial score (nSPS) is 14.2. The standard InChI is InChI=1S/C29H35FN6O3S/c1-6-22-26(33(5)27-32-25(23(18-37)40-27)19-7-9-20(30)10-8-19)36-17-21(11-12-24(36)31-22)34-13-15-35(16-14-34)28(38)39-29(2,3)4/h7-12,17,37H,6,13-16,18H2,1-5H3. The number of aryl methyl sites for hydroxylation is 1. The van der Waals surface area contributed by atoms with E-state index in [9.17, 15) is 14.3 Å². The second-order valence-electron chi connectivity index (χ2n) is 10.8. The van der Waals surface area contributed by atoms with Crippen molar-refractivity contribution in [2.75, 3.05) is 43.0 Å². The fraction of sp³-hybridized carbons (Fsp3) is 0.414. The Morgan fingerprint density at radius 1 is 1.10 bits per heavy atom. The van der Waals surface area contributed by atoms with E-state index in [0.29, 0.717) is 41.9 Å². The second-order valence-corrected chi connectivity index (χ2v) is 11.9. The fourth-order valence-corrected chi connectivity index (χ4v) is 5.74. The average molecular weight is 567 g/mol. The lowest BCUT2D eigenvalue weighted by molar-refractivity contribution is 0.0240. The highest BCUT2D eigenvalue weighted by molar-refractivity contribution is 7.16. The molecule has 1 aliphatic rings. The van der Waals surface area contributed by atoms with Crippen LogP contribution < -0.4 is 9.80 Å². The van der Waals surface area contributed by atoms with Crippen molar-refractivity contribution in [1.82, 2.24) is 19.3 Å². The molecule has 9 nitrogen and oxygen atoms in total. The minimum absolute atomic E-state index is 0.161. The minimum atomic E-state index is -0.519. The molecule has 212 valence electrons. The van der Waals surface area contributed by atoms with Gasteiger partial charge in [-0.25, -0.2) is 19.2 Å². The number of fused-ring (bicyclic) bond motifs is 1. The molecule has 1 N–H and O–H groups in total. The number of halogens is 1. The summed E-state index contributed by atoms with van der Waals surface area (Å²) in [6.07, 6.45) is 2.53. The molecule has 0 radical (unpaired) electrons. The zero-order valence-electron chi connectivity index (χ0n) is 23.5. The maximum atomic E-state index is 13.5. The molecular weight excluding hydrogens is 531 g/mol. The van der Waals surface area contributed by atoms with Crippen LogP contribution in [-0.2, 0) is 17.8 Å². The number of amides is 1. The van der Waals surface area contributed by atoms with Crippen LogP contribution in [0.4, 0.5) is 25.8 Å². The van der Waals surface area contributed by atoms with Gasteiger partial charge < -0.3 is 24.5 Å². The van der Waals surface area contributed by atoms with E-state index in [0.717, 1.165) is 34.8 Å². The van der Waals surface area contributed by atoms with Crippen molar-refractivity contribution in [3.8, 4) is 11.3 Å². The number of pyridine rings is 1. The minimum Gasteiger partial charge on any atom is -0.444 e. The van der Waals surface area contributed by atoms with Gasteiger partial charge in [-0.05, 0) is 63.6 Å². The van der Waals surface area contributed by atoms with Crippen molar-refractivity contribution in [3.05, 3.63) is 59.0 Å². The smallest absolute Gasteiger partial charge is 0.410 e. The lowest BCUT2D eigenvalue weighted by Gasteiger charge is -2.36. The molecule has 11 heteroatoms. The number of hydrogen-bond acceptors (Lipinski definition) is 8. The highest BCUT2D eigenvalue weighted by Crippen LogP contribution is 2.37. The molecule has 1 fully saturated rings. The number of aliphatic hydroxyl groups excluding tert-OH is 1. The van der Waals surface area contributed by atoms with E-state index in [4.69, 9.17) is 14.7 Å². The molecule has 0 spiro atoms. The molecule has 0 saturated carbocycles. The van der Waals surface area contributed by atoms with Gasteiger partial charge in [0.05, 0.1) is 28.6 Å². The molecule has 5 rings (SSSR count). The largest absolute Gasteiger partial charge is 0.444 e. The van der Waals surface area contributed by atoms with Crippen LogP contribution in [0.1, 0.15) is 38.3 Å². The van der Waals surface area contributed by atoms with Crippen LogP contribution in [0.25, 0.3) is 16.9 Å². The van der Waals surface area contributed by atoms with Crippen molar-refractivity contribution < 1.29 is 19.0 Å². The van der Waals surface area contributed by atoms with Crippen LogP contribution in [0, 0.1) is 5.82 Å². The molecule has 0 bridgehead atoms. The monoisotopic (exact) mass is 566 g/mol. The number of hydrogen-bond donors (Lipinski definition) is 1. The van der Waals surface area contributed by atoms with Crippen LogP contribution >= 0.6 is 11.3 Å². The molecule has 0 unspecified atom stereocenters. The van der Waals surface area contributed by atoms with Crippen LogP contribution in [0.5, 0.6) is 0 Å². The molecule has 3 aromatic heterocycles. The summed E-state index contributed by atoms with van der Waals surface area (Å²) in [5.74, 6) is 0.581. The summed E-state index contributed by atoms with van der Waals surface area (Å²) in [6.45, 7) is 10.1. The highest BCUT2D eigenvalue weighted by Gasteiger charge is 2.27. The van der Waals surface area contributed by atoms with Crippen LogP contribution in [0.2, 0.25) is 0 Å². The van der Waals surface area contributed by atoms with Gasteiger partial charge in [0.1, 0.15) is 22.9 Å². The molecule has 4 aromatic rings. The molecule has 1 aliphatic heterocycles. The number of aliphatic hydroxyl groups is 1. The van der Waals surface area contributed by atoms with Crippen molar-refractivity contribution in [2.24, 2.45) is 0 Å². The number of carbonyl (C=O) groups is 1. The molecule has 1 aromatic carbocycles. The Morgan fingerprint density at radius 2 is 1.80 bits per heavy atom. The van der Waals surface area contributed by atoms with Gasteiger partial charge in [0, 0.05) is 45.0 Å². The summed E-state index contributed by atoms with van der Waals surface area (Å²) in [4.78, 5) is 28.9. The first-order valence-corrected chi connectivity index (χ1v) is 14.2. The van der Waals surface area contributed by atoms with Gasteiger partial charge >= 0.3 is 6.09 Å². The number of benzene rings is 1. The van der Waals surface area contributed by atoms with Crippen LogP contribution in [0.3, 0.4) is 0 Å². The van der Waals surface area contributed by atoms with Crippen molar-refractivity contribution in [1.29, 1.82) is 0 Å². The highest BCUT2D eigenvalue weighted by atomic mass is 32.1. The van der Waals surface area contributed by atoms with E-state index in [2.05, 4.69) is 28.5 Å². The molecule has 1 saturated heterocycles. The number of piperazine rings is 1. The summed E-state index contributed by atoms with van der Waals surface area (Å²) >= 11 is 1.40. The van der Waals surface area contributed by atoms with Crippen molar-refractivity contribution in [3.63, 3.8) is 0 Å². The van der Waals surface area contributed by atoms with E-state index in [-0.39, 0.29) is 18.5 Å². The first-order valence-electron chi connectivity index (χ1n) is 13.4. The van der Waals surface area contributed by atoms with Gasteiger partial charge in [0.15, 0.2) is 5.13 Å². The molecule has 0 aliphatic carbocycles. The van der Waals surface area contributed by atoms with E-state index in [1.54, 1.807) is 17.0 Å². The molecule has 1 amide bonds. The van der Waals surface area contributed by atoms with Crippen LogP contribution in [-0.4, -0.2) is 69.3 Å². The first kappa shape index (κ1) is 27.9. The van der Waals surface area contributed by atoms with Gasteiger partial charge in [-0.15, -0.1) is 0 Å². The summed E-state index contributed by atoms with van der Waals surface area (Å²) in [5, 5.41) is 10.7. The van der Waals surface area contributed by atoms with E-state index >= 15 is 0 Å². The number of nitrogens with zero attached hydrogens (tertiary/aromatic N) is 6. The second kappa shape index (κ2) is 11.1. The quantitative estimate of drug-likeness (QED) is 0.331. The van der Waals surface area contributed by atoms with Gasteiger partial charge in [0.25, 0.3) is 0 Å². The maximum Gasteiger partial charge on any atom is 0.410 e. The zero-order valence-corrected chi connectivity index (χ0v) is 24.3. The molecule has 0 atom stereocenters. The third kappa shape index (κ3) is 5.62. The summed E-state index contributed by atoms with van der Waals surface area (Å²) in [6, 6.07) is 10.2. The van der Waals surface area contributed by atoms with Gasteiger partial charge in [-0.3, -0.25) is 4.40 Å². The van der Waals surface area contributed by atoms with E-state index in [1.165, 1.54) is 23.5 Å². The number of rotatable bonds is 6. The number of thiazole rings is 1. The Morgan fingerprint density at radius 3 is 2.42 bits per heavy atom. The third-order valence-corrected chi connectivity index (χ3v) is 7.95. The maximum absolute atomic E-state index is 13.5. The Kier molecular flexibility index (Phi) is 7.70. The SMILES string of the molecule is CCc1nc2ccc(N3CCN(C(=O)OC(C)(C)C)CC3)cn2c1N(C)c1nc(-c2ccc(F)cc2)c(CO)s1. The van der Waals surface area contributed by atoms with Crippen molar-refractivity contribution in [2.45, 2.75) is 46.3 Å². The fourth-order valence-electron chi connectivity index (χ4n) is 4.84. The number of aromatic nitrogens is 3. The van der Waals surface area contributed by atoms with Crippen LogP contribution in [0.15, 0.2) is 42.6 Å². The Labute approximate surface area is 237 Å². The predicted molar refractivity (Wildman–Crippen MR) is 156 cm³/mol.